The molecule has 0 bridgehead atoms. The first-order valence-corrected chi connectivity index (χ1v) is 8.40. The number of anilines is 1. The zero-order chi connectivity index (χ0) is 16.2. The van der Waals surface area contributed by atoms with Crippen LogP contribution in [0.4, 0.5) is 5.69 Å². The standard InChI is InChI=1S/C18H19NO2S/c1-4-14-19(18-9-7-6-8-16(18)5-2)22(20,21)17-12-10-15(3)11-13-17/h4-14H,2H2,1,3H3/b14-4+. The number of hydrogen-bond donors (Lipinski definition) is 0. The van der Waals surface area contributed by atoms with Crippen LogP contribution in [0.3, 0.4) is 0 Å². The van der Waals surface area contributed by atoms with E-state index in [1.807, 2.05) is 25.1 Å². The van der Waals surface area contributed by atoms with Crippen LogP contribution in [0.15, 0.2) is 72.3 Å². The van der Waals surface area contributed by atoms with Crippen LogP contribution in [0.25, 0.3) is 6.08 Å². The van der Waals surface area contributed by atoms with Gasteiger partial charge in [-0.3, -0.25) is 0 Å². The minimum atomic E-state index is -3.67. The molecule has 2 rings (SSSR count). The number of nitrogens with zero attached hydrogens (tertiary/aromatic N) is 1. The molecular formula is C18H19NO2S. The zero-order valence-electron chi connectivity index (χ0n) is 12.7. The lowest BCUT2D eigenvalue weighted by Gasteiger charge is -2.22. The second-order valence-corrected chi connectivity index (χ2v) is 6.67. The monoisotopic (exact) mass is 313 g/mol. The van der Waals surface area contributed by atoms with Gasteiger partial charge in [0.2, 0.25) is 0 Å². The van der Waals surface area contributed by atoms with Crippen LogP contribution in [-0.4, -0.2) is 8.42 Å². The maximum absolute atomic E-state index is 12.9. The maximum atomic E-state index is 12.9. The van der Waals surface area contributed by atoms with Gasteiger partial charge in [0.25, 0.3) is 10.0 Å². The highest BCUT2D eigenvalue weighted by atomic mass is 32.2. The van der Waals surface area contributed by atoms with E-state index in [0.717, 1.165) is 11.1 Å². The molecule has 0 spiro atoms. The van der Waals surface area contributed by atoms with Crippen molar-refractivity contribution in [2.45, 2.75) is 18.7 Å². The van der Waals surface area contributed by atoms with E-state index >= 15 is 0 Å². The van der Waals surface area contributed by atoms with Gasteiger partial charge in [-0.2, -0.15) is 0 Å². The first-order valence-electron chi connectivity index (χ1n) is 6.96. The third-order valence-corrected chi connectivity index (χ3v) is 4.96. The molecule has 0 unspecified atom stereocenters. The molecule has 114 valence electrons. The molecular weight excluding hydrogens is 294 g/mol. The average molecular weight is 313 g/mol. The molecule has 0 saturated carbocycles. The Morgan fingerprint density at radius 1 is 1.05 bits per heavy atom. The van der Waals surface area contributed by atoms with E-state index in [-0.39, 0.29) is 4.90 Å². The summed E-state index contributed by atoms with van der Waals surface area (Å²) >= 11 is 0. The molecule has 3 nitrogen and oxygen atoms in total. The minimum absolute atomic E-state index is 0.259. The average Bonchev–Trinajstić information content (AvgIpc) is 2.53. The molecule has 0 aliphatic rings. The molecule has 4 heteroatoms. The maximum Gasteiger partial charge on any atom is 0.268 e. The van der Waals surface area contributed by atoms with Gasteiger partial charge in [0.15, 0.2) is 0 Å². The Morgan fingerprint density at radius 2 is 1.68 bits per heavy atom. The van der Waals surface area contributed by atoms with E-state index in [1.165, 1.54) is 4.31 Å². The molecule has 0 heterocycles. The van der Waals surface area contributed by atoms with Crippen molar-refractivity contribution in [1.29, 1.82) is 0 Å². The van der Waals surface area contributed by atoms with E-state index in [0.29, 0.717) is 5.69 Å². The predicted molar refractivity (Wildman–Crippen MR) is 92.2 cm³/mol. The number of benzene rings is 2. The highest BCUT2D eigenvalue weighted by molar-refractivity contribution is 7.93. The topological polar surface area (TPSA) is 37.4 Å². The zero-order valence-corrected chi connectivity index (χ0v) is 13.5. The molecule has 0 aliphatic heterocycles. The Kier molecular flexibility index (Phi) is 4.83. The summed E-state index contributed by atoms with van der Waals surface area (Å²) in [6.07, 6.45) is 4.90. The largest absolute Gasteiger partial charge is 0.268 e. The molecule has 0 atom stereocenters. The van der Waals surface area contributed by atoms with E-state index in [1.54, 1.807) is 55.6 Å². The van der Waals surface area contributed by atoms with Crippen LogP contribution >= 0.6 is 0 Å². The number of hydrogen-bond acceptors (Lipinski definition) is 2. The van der Waals surface area contributed by atoms with Gasteiger partial charge in [-0.1, -0.05) is 54.6 Å². The normalized spacial score (nSPS) is 11.5. The highest BCUT2D eigenvalue weighted by Crippen LogP contribution is 2.28. The number of sulfonamides is 1. The molecule has 2 aromatic rings. The van der Waals surface area contributed by atoms with Crippen LogP contribution < -0.4 is 4.31 Å². The number of para-hydroxylation sites is 1. The molecule has 22 heavy (non-hydrogen) atoms. The van der Waals surface area contributed by atoms with Crippen molar-refractivity contribution in [3.05, 3.63) is 78.5 Å². The molecule has 0 N–H and O–H groups in total. The van der Waals surface area contributed by atoms with Crippen LogP contribution in [0, 0.1) is 6.92 Å². The first-order chi connectivity index (χ1) is 10.5. The first kappa shape index (κ1) is 16.0. The van der Waals surface area contributed by atoms with Crippen molar-refractivity contribution < 1.29 is 8.42 Å². The molecule has 0 radical (unpaired) electrons. The van der Waals surface area contributed by atoms with Gasteiger partial charge in [-0.15, -0.1) is 0 Å². The summed E-state index contributed by atoms with van der Waals surface area (Å²) in [6, 6.07) is 14.1. The third kappa shape index (κ3) is 3.12. The van der Waals surface area contributed by atoms with Gasteiger partial charge in [0.1, 0.15) is 0 Å². The Labute approximate surface area is 132 Å². The van der Waals surface area contributed by atoms with Crippen molar-refractivity contribution >= 4 is 21.8 Å². The number of aryl methyl sites for hydroxylation is 1. The summed E-state index contributed by atoms with van der Waals surface area (Å²) in [6.45, 7) is 7.46. The molecule has 0 fully saturated rings. The minimum Gasteiger partial charge on any atom is -0.242 e. The van der Waals surface area contributed by atoms with Crippen molar-refractivity contribution in [3.63, 3.8) is 0 Å². The van der Waals surface area contributed by atoms with Crippen molar-refractivity contribution in [1.82, 2.24) is 0 Å². The Balaban J connectivity index is 2.61. The quantitative estimate of drug-likeness (QED) is 0.822. The van der Waals surface area contributed by atoms with E-state index in [2.05, 4.69) is 6.58 Å². The summed E-state index contributed by atoms with van der Waals surface area (Å²) in [5.41, 5.74) is 2.36. The van der Waals surface area contributed by atoms with Gasteiger partial charge >= 0.3 is 0 Å². The van der Waals surface area contributed by atoms with Gasteiger partial charge in [-0.25, -0.2) is 12.7 Å². The van der Waals surface area contributed by atoms with E-state index in [9.17, 15) is 8.42 Å². The summed E-state index contributed by atoms with van der Waals surface area (Å²) in [5.74, 6) is 0. The smallest absolute Gasteiger partial charge is 0.242 e. The molecule has 0 aliphatic carbocycles. The summed E-state index contributed by atoms with van der Waals surface area (Å²) in [5, 5.41) is 0. The fourth-order valence-electron chi connectivity index (χ4n) is 2.11. The van der Waals surface area contributed by atoms with E-state index < -0.39 is 10.0 Å². The third-order valence-electron chi connectivity index (χ3n) is 3.26. The van der Waals surface area contributed by atoms with Gasteiger partial charge < -0.3 is 0 Å². The van der Waals surface area contributed by atoms with Crippen LogP contribution in [0.2, 0.25) is 0 Å². The van der Waals surface area contributed by atoms with Gasteiger partial charge in [0.05, 0.1) is 10.6 Å². The number of rotatable bonds is 5. The summed E-state index contributed by atoms with van der Waals surface area (Å²) < 4.78 is 27.2. The Hall–Kier alpha value is -2.33. The second kappa shape index (κ2) is 6.62. The Morgan fingerprint density at radius 3 is 2.27 bits per heavy atom. The highest BCUT2D eigenvalue weighted by Gasteiger charge is 2.24. The summed E-state index contributed by atoms with van der Waals surface area (Å²) in [4.78, 5) is 0.259. The SMILES string of the molecule is C=Cc1ccccc1N(/C=C/C)S(=O)(=O)c1ccc(C)cc1. The molecule has 0 aromatic heterocycles. The fourth-order valence-corrected chi connectivity index (χ4v) is 3.52. The van der Waals surface area contributed by atoms with Gasteiger partial charge in [-0.05, 0) is 37.6 Å². The second-order valence-electron chi connectivity index (χ2n) is 4.86. The van der Waals surface area contributed by atoms with E-state index in [4.69, 9.17) is 0 Å². The molecule has 2 aromatic carbocycles. The van der Waals surface area contributed by atoms with Gasteiger partial charge in [0, 0.05) is 6.20 Å². The molecule has 0 saturated heterocycles. The van der Waals surface area contributed by atoms with Crippen molar-refractivity contribution in [3.8, 4) is 0 Å². The van der Waals surface area contributed by atoms with Crippen LogP contribution in [-0.2, 0) is 10.0 Å². The predicted octanol–water partition coefficient (Wildman–Crippen LogP) is 4.37. The van der Waals surface area contributed by atoms with Crippen molar-refractivity contribution in [2.24, 2.45) is 0 Å². The Bertz CT molecular complexity index is 790. The van der Waals surface area contributed by atoms with Crippen LogP contribution in [0.5, 0.6) is 0 Å². The van der Waals surface area contributed by atoms with Crippen molar-refractivity contribution in [2.75, 3.05) is 4.31 Å². The lowest BCUT2D eigenvalue weighted by Crippen LogP contribution is -2.26. The fraction of sp³-hybridized carbons (Fsp3) is 0.111. The number of allylic oxidation sites excluding steroid dienone is 1. The lowest BCUT2D eigenvalue weighted by atomic mass is 10.2. The summed E-state index contributed by atoms with van der Waals surface area (Å²) in [7, 11) is -3.67. The lowest BCUT2D eigenvalue weighted by molar-refractivity contribution is 0.596. The molecule has 0 amide bonds. The van der Waals surface area contributed by atoms with Crippen LogP contribution in [0.1, 0.15) is 18.1 Å².